The SMILES string of the molecule is COC1(c2cc[nH]c2)COC1. The molecular weight excluding hydrogens is 142 g/mol. The van der Waals surface area contributed by atoms with Crippen LogP contribution in [-0.4, -0.2) is 25.3 Å². The quantitative estimate of drug-likeness (QED) is 0.684. The first-order valence-electron chi connectivity index (χ1n) is 3.63. The van der Waals surface area contributed by atoms with Crippen molar-refractivity contribution in [1.82, 2.24) is 4.98 Å². The first-order chi connectivity index (χ1) is 5.37. The number of hydrogen-bond donors (Lipinski definition) is 1. The molecule has 0 saturated carbocycles. The molecule has 2 rings (SSSR count). The molecule has 1 aromatic rings. The van der Waals surface area contributed by atoms with Gasteiger partial charge in [-0.3, -0.25) is 0 Å². The second-order valence-corrected chi connectivity index (χ2v) is 2.79. The van der Waals surface area contributed by atoms with Crippen LogP contribution in [0.25, 0.3) is 0 Å². The van der Waals surface area contributed by atoms with E-state index in [1.807, 2.05) is 18.5 Å². The van der Waals surface area contributed by atoms with E-state index in [2.05, 4.69) is 4.98 Å². The summed E-state index contributed by atoms with van der Waals surface area (Å²) in [5.41, 5.74) is 1.01. The fourth-order valence-electron chi connectivity index (χ4n) is 1.30. The van der Waals surface area contributed by atoms with E-state index in [9.17, 15) is 0 Å². The Morgan fingerprint density at radius 2 is 2.45 bits per heavy atom. The van der Waals surface area contributed by atoms with Gasteiger partial charge in [0.05, 0.1) is 13.2 Å². The summed E-state index contributed by atoms with van der Waals surface area (Å²) in [4.78, 5) is 3.00. The molecule has 0 amide bonds. The standard InChI is InChI=1S/C8H11NO2/c1-10-8(5-11-6-8)7-2-3-9-4-7/h2-4,9H,5-6H2,1H3. The fraction of sp³-hybridized carbons (Fsp3) is 0.500. The Kier molecular flexibility index (Phi) is 1.47. The molecule has 0 aromatic carbocycles. The van der Waals surface area contributed by atoms with Crippen molar-refractivity contribution < 1.29 is 9.47 Å². The number of ether oxygens (including phenoxy) is 2. The van der Waals surface area contributed by atoms with E-state index in [1.54, 1.807) is 7.11 Å². The zero-order valence-corrected chi connectivity index (χ0v) is 6.46. The summed E-state index contributed by atoms with van der Waals surface area (Å²) in [6.45, 7) is 1.34. The first-order valence-corrected chi connectivity index (χ1v) is 3.63. The zero-order valence-electron chi connectivity index (χ0n) is 6.46. The lowest BCUT2D eigenvalue weighted by molar-refractivity contribution is -0.202. The third kappa shape index (κ3) is 0.886. The van der Waals surface area contributed by atoms with E-state index < -0.39 is 0 Å². The number of methoxy groups -OCH3 is 1. The lowest BCUT2D eigenvalue weighted by atomic mass is 9.94. The molecule has 3 nitrogen and oxygen atoms in total. The Hall–Kier alpha value is -0.800. The number of nitrogens with one attached hydrogen (secondary N) is 1. The Labute approximate surface area is 65.3 Å². The van der Waals surface area contributed by atoms with Crippen LogP contribution in [0.5, 0.6) is 0 Å². The molecule has 60 valence electrons. The molecule has 0 aliphatic carbocycles. The van der Waals surface area contributed by atoms with Crippen molar-refractivity contribution in [2.75, 3.05) is 20.3 Å². The van der Waals surface area contributed by atoms with Gasteiger partial charge in [-0.25, -0.2) is 0 Å². The molecule has 0 atom stereocenters. The molecule has 2 heterocycles. The summed E-state index contributed by atoms with van der Waals surface area (Å²) in [5, 5.41) is 0. The van der Waals surface area contributed by atoms with Crippen molar-refractivity contribution in [3.05, 3.63) is 24.0 Å². The van der Waals surface area contributed by atoms with Crippen LogP contribution >= 0.6 is 0 Å². The van der Waals surface area contributed by atoms with Gasteiger partial charge in [0.15, 0.2) is 0 Å². The molecule has 1 saturated heterocycles. The second kappa shape index (κ2) is 2.36. The van der Waals surface area contributed by atoms with Gasteiger partial charge in [0, 0.05) is 25.1 Å². The van der Waals surface area contributed by atoms with Crippen LogP contribution in [0, 0.1) is 0 Å². The normalized spacial score (nSPS) is 21.2. The summed E-state index contributed by atoms with van der Waals surface area (Å²) in [5.74, 6) is 0. The van der Waals surface area contributed by atoms with Crippen LogP contribution in [0.1, 0.15) is 5.56 Å². The Morgan fingerprint density at radius 3 is 2.82 bits per heavy atom. The predicted octanol–water partition coefficient (Wildman–Crippen LogP) is 0.887. The van der Waals surface area contributed by atoms with Gasteiger partial charge in [0.1, 0.15) is 5.60 Å². The Balaban J connectivity index is 2.25. The minimum absolute atomic E-state index is 0.167. The summed E-state index contributed by atoms with van der Waals surface area (Å²) in [7, 11) is 1.72. The summed E-state index contributed by atoms with van der Waals surface area (Å²) < 4.78 is 10.5. The highest BCUT2D eigenvalue weighted by atomic mass is 16.6. The lowest BCUT2D eigenvalue weighted by Crippen LogP contribution is -2.47. The third-order valence-electron chi connectivity index (χ3n) is 2.19. The summed E-state index contributed by atoms with van der Waals surface area (Å²) in [6.07, 6.45) is 3.85. The van der Waals surface area contributed by atoms with Crippen molar-refractivity contribution >= 4 is 0 Å². The average Bonchev–Trinajstić information content (AvgIpc) is 2.39. The first kappa shape index (κ1) is 6.88. The van der Waals surface area contributed by atoms with Gasteiger partial charge in [-0.05, 0) is 6.07 Å². The molecule has 11 heavy (non-hydrogen) atoms. The molecule has 1 aliphatic rings. The van der Waals surface area contributed by atoms with E-state index in [-0.39, 0.29) is 5.60 Å². The van der Waals surface area contributed by atoms with E-state index >= 15 is 0 Å². The van der Waals surface area contributed by atoms with Gasteiger partial charge in [-0.2, -0.15) is 0 Å². The molecular formula is C8H11NO2. The molecule has 3 heteroatoms. The molecule has 0 unspecified atom stereocenters. The van der Waals surface area contributed by atoms with Gasteiger partial charge >= 0.3 is 0 Å². The molecule has 0 radical (unpaired) electrons. The number of aromatic amines is 1. The van der Waals surface area contributed by atoms with Crippen LogP contribution in [0.4, 0.5) is 0 Å². The highest BCUT2D eigenvalue weighted by molar-refractivity contribution is 5.21. The number of H-pyrrole nitrogens is 1. The second-order valence-electron chi connectivity index (χ2n) is 2.79. The highest BCUT2D eigenvalue weighted by Gasteiger charge is 2.40. The van der Waals surface area contributed by atoms with Gasteiger partial charge in [-0.1, -0.05) is 0 Å². The fourth-order valence-corrected chi connectivity index (χ4v) is 1.30. The van der Waals surface area contributed by atoms with Crippen LogP contribution in [0.2, 0.25) is 0 Å². The van der Waals surface area contributed by atoms with Gasteiger partial charge < -0.3 is 14.5 Å². The maximum atomic E-state index is 5.37. The van der Waals surface area contributed by atoms with E-state index in [0.717, 1.165) is 0 Å². The van der Waals surface area contributed by atoms with Crippen molar-refractivity contribution in [2.24, 2.45) is 0 Å². The van der Waals surface area contributed by atoms with Crippen LogP contribution in [0.15, 0.2) is 18.5 Å². The molecule has 1 aromatic heterocycles. The number of aromatic nitrogens is 1. The Morgan fingerprint density at radius 1 is 1.64 bits per heavy atom. The predicted molar refractivity (Wildman–Crippen MR) is 40.3 cm³/mol. The molecule has 1 N–H and O–H groups in total. The van der Waals surface area contributed by atoms with Gasteiger partial charge in [-0.15, -0.1) is 0 Å². The summed E-state index contributed by atoms with van der Waals surface area (Å²) in [6, 6.07) is 2.02. The highest BCUT2D eigenvalue weighted by Crippen LogP contribution is 2.32. The van der Waals surface area contributed by atoms with Crippen molar-refractivity contribution in [1.29, 1.82) is 0 Å². The molecule has 1 fully saturated rings. The van der Waals surface area contributed by atoms with Crippen molar-refractivity contribution in [2.45, 2.75) is 5.60 Å². The van der Waals surface area contributed by atoms with Crippen LogP contribution in [-0.2, 0) is 15.1 Å². The number of rotatable bonds is 2. The summed E-state index contributed by atoms with van der Waals surface area (Å²) >= 11 is 0. The van der Waals surface area contributed by atoms with E-state index in [1.165, 1.54) is 5.56 Å². The minimum Gasteiger partial charge on any atom is -0.375 e. The molecule has 0 spiro atoms. The van der Waals surface area contributed by atoms with E-state index in [4.69, 9.17) is 9.47 Å². The third-order valence-corrected chi connectivity index (χ3v) is 2.19. The zero-order chi connectivity index (χ0) is 7.73. The van der Waals surface area contributed by atoms with Crippen molar-refractivity contribution in [3.8, 4) is 0 Å². The largest absolute Gasteiger partial charge is 0.375 e. The lowest BCUT2D eigenvalue weighted by Gasteiger charge is -2.39. The van der Waals surface area contributed by atoms with E-state index in [0.29, 0.717) is 13.2 Å². The molecule has 1 aliphatic heterocycles. The number of hydrogen-bond acceptors (Lipinski definition) is 2. The monoisotopic (exact) mass is 153 g/mol. The van der Waals surface area contributed by atoms with Crippen LogP contribution in [0.3, 0.4) is 0 Å². The smallest absolute Gasteiger partial charge is 0.141 e. The van der Waals surface area contributed by atoms with Crippen LogP contribution < -0.4 is 0 Å². The maximum Gasteiger partial charge on any atom is 0.141 e. The average molecular weight is 153 g/mol. The Bertz CT molecular complexity index is 221. The maximum absolute atomic E-state index is 5.37. The van der Waals surface area contributed by atoms with Gasteiger partial charge in [0.25, 0.3) is 0 Å². The van der Waals surface area contributed by atoms with Crippen molar-refractivity contribution in [3.63, 3.8) is 0 Å². The van der Waals surface area contributed by atoms with Gasteiger partial charge in [0.2, 0.25) is 0 Å². The topological polar surface area (TPSA) is 34.2 Å². The minimum atomic E-state index is -0.167. The molecule has 0 bridgehead atoms.